The molecule has 0 saturated heterocycles. The summed E-state index contributed by atoms with van der Waals surface area (Å²) in [7, 11) is 5.06. The number of likely N-dealkylation sites (N-methyl/N-ethyl adjacent to an activating group) is 1. The van der Waals surface area contributed by atoms with Crippen LogP contribution in [0.2, 0.25) is 0 Å². The molecule has 1 N–H and O–H groups in total. The van der Waals surface area contributed by atoms with E-state index in [0.717, 1.165) is 18.0 Å². The van der Waals surface area contributed by atoms with E-state index in [0.29, 0.717) is 29.4 Å². The number of methoxy groups -OCH3 is 2. The molecule has 24 heavy (non-hydrogen) atoms. The van der Waals surface area contributed by atoms with Crippen LogP contribution in [0.25, 0.3) is 0 Å². The summed E-state index contributed by atoms with van der Waals surface area (Å²) in [6.45, 7) is 1.47. The highest BCUT2D eigenvalue weighted by molar-refractivity contribution is 6.08. The van der Waals surface area contributed by atoms with E-state index in [2.05, 4.69) is 10.2 Å². The van der Waals surface area contributed by atoms with Gasteiger partial charge in [0.2, 0.25) is 0 Å². The van der Waals surface area contributed by atoms with Crippen molar-refractivity contribution in [3.8, 4) is 17.2 Å². The number of benzene rings is 2. The molecule has 0 radical (unpaired) electrons. The number of ether oxygens (including phenoxy) is 3. The minimum absolute atomic E-state index is 0.298. The second-order valence-electron chi connectivity index (χ2n) is 5.44. The summed E-state index contributed by atoms with van der Waals surface area (Å²) in [5.41, 5.74) is 2.02. The fourth-order valence-electron chi connectivity index (χ4n) is 2.70. The van der Waals surface area contributed by atoms with Gasteiger partial charge in [0.1, 0.15) is 29.4 Å². The van der Waals surface area contributed by atoms with E-state index in [-0.39, 0.29) is 5.91 Å². The lowest BCUT2D eigenvalue weighted by Gasteiger charge is -2.28. The summed E-state index contributed by atoms with van der Waals surface area (Å²) in [5, 5.41) is 2.88. The van der Waals surface area contributed by atoms with Crippen molar-refractivity contribution in [2.45, 2.75) is 0 Å². The first kappa shape index (κ1) is 16.0. The van der Waals surface area contributed by atoms with Crippen LogP contribution in [0.4, 0.5) is 11.4 Å². The third-order valence-electron chi connectivity index (χ3n) is 3.97. The van der Waals surface area contributed by atoms with Crippen molar-refractivity contribution in [3.05, 3.63) is 42.0 Å². The van der Waals surface area contributed by atoms with Crippen molar-refractivity contribution in [1.29, 1.82) is 0 Å². The van der Waals surface area contributed by atoms with Crippen LogP contribution in [0.3, 0.4) is 0 Å². The molecule has 0 atom stereocenters. The Kier molecular flexibility index (Phi) is 4.46. The van der Waals surface area contributed by atoms with E-state index in [9.17, 15) is 4.79 Å². The summed E-state index contributed by atoms with van der Waals surface area (Å²) in [5.74, 6) is 1.38. The van der Waals surface area contributed by atoms with E-state index in [1.807, 2.05) is 25.2 Å². The van der Waals surface area contributed by atoms with Crippen LogP contribution in [0, 0.1) is 0 Å². The number of nitrogens with zero attached hydrogens (tertiary/aromatic N) is 1. The first-order chi connectivity index (χ1) is 11.6. The van der Waals surface area contributed by atoms with E-state index in [4.69, 9.17) is 14.2 Å². The van der Waals surface area contributed by atoms with Gasteiger partial charge < -0.3 is 24.4 Å². The smallest absolute Gasteiger partial charge is 0.263 e. The molecule has 2 aromatic rings. The second-order valence-corrected chi connectivity index (χ2v) is 5.44. The first-order valence-electron chi connectivity index (χ1n) is 7.64. The van der Waals surface area contributed by atoms with Gasteiger partial charge in [0.25, 0.3) is 5.91 Å². The minimum atomic E-state index is -0.298. The summed E-state index contributed by atoms with van der Waals surface area (Å²) < 4.78 is 16.2. The van der Waals surface area contributed by atoms with Gasteiger partial charge in [-0.05, 0) is 24.3 Å². The topological polar surface area (TPSA) is 60.0 Å². The summed E-state index contributed by atoms with van der Waals surface area (Å²) in [6, 6.07) is 10.8. The molecule has 1 heterocycles. The second kappa shape index (κ2) is 6.70. The van der Waals surface area contributed by atoms with E-state index in [1.165, 1.54) is 14.2 Å². The molecular formula is C18H20N2O4. The van der Waals surface area contributed by atoms with Crippen molar-refractivity contribution >= 4 is 17.3 Å². The molecule has 126 valence electrons. The third kappa shape index (κ3) is 2.95. The van der Waals surface area contributed by atoms with E-state index >= 15 is 0 Å². The average molecular weight is 328 g/mol. The van der Waals surface area contributed by atoms with Gasteiger partial charge in [-0.2, -0.15) is 0 Å². The van der Waals surface area contributed by atoms with Crippen molar-refractivity contribution in [3.63, 3.8) is 0 Å². The fraction of sp³-hybridized carbons (Fsp3) is 0.278. The molecule has 1 amide bonds. The standard InChI is InChI=1S/C18H20N2O4/c1-20-9-10-24-16-11-12(7-8-13(16)20)19-18(21)17-14(22-2)5-4-6-15(17)23-3/h4-8,11H,9-10H2,1-3H3,(H,19,21). The molecule has 0 unspecified atom stereocenters. The Labute approximate surface area is 140 Å². The highest BCUT2D eigenvalue weighted by atomic mass is 16.5. The zero-order valence-electron chi connectivity index (χ0n) is 14.0. The lowest BCUT2D eigenvalue weighted by molar-refractivity contribution is 0.102. The minimum Gasteiger partial charge on any atom is -0.496 e. The lowest BCUT2D eigenvalue weighted by Crippen LogP contribution is -2.28. The van der Waals surface area contributed by atoms with Gasteiger partial charge in [0, 0.05) is 18.8 Å². The van der Waals surface area contributed by atoms with Crippen molar-refractivity contribution in [1.82, 2.24) is 0 Å². The number of carbonyl (C=O) groups excluding carboxylic acids is 1. The molecule has 0 bridgehead atoms. The predicted molar refractivity (Wildman–Crippen MR) is 92.7 cm³/mol. The Morgan fingerprint density at radius 1 is 1.17 bits per heavy atom. The third-order valence-corrected chi connectivity index (χ3v) is 3.97. The maximum absolute atomic E-state index is 12.7. The quantitative estimate of drug-likeness (QED) is 0.935. The van der Waals surface area contributed by atoms with E-state index < -0.39 is 0 Å². The van der Waals surface area contributed by atoms with Gasteiger partial charge >= 0.3 is 0 Å². The van der Waals surface area contributed by atoms with Gasteiger partial charge in [-0.3, -0.25) is 4.79 Å². The van der Waals surface area contributed by atoms with Crippen LogP contribution < -0.4 is 24.4 Å². The molecule has 0 aliphatic carbocycles. The van der Waals surface area contributed by atoms with Crippen molar-refractivity contribution in [2.24, 2.45) is 0 Å². The van der Waals surface area contributed by atoms with Gasteiger partial charge in [-0.1, -0.05) is 6.07 Å². The molecule has 0 spiro atoms. The predicted octanol–water partition coefficient (Wildman–Crippen LogP) is 2.78. The molecule has 6 nitrogen and oxygen atoms in total. The lowest BCUT2D eigenvalue weighted by atomic mass is 10.1. The normalized spacial score (nSPS) is 12.9. The number of fused-ring (bicyclic) bond motifs is 1. The number of nitrogens with one attached hydrogen (secondary N) is 1. The average Bonchev–Trinajstić information content (AvgIpc) is 2.61. The van der Waals surface area contributed by atoms with Crippen LogP contribution in [-0.4, -0.2) is 40.3 Å². The van der Waals surface area contributed by atoms with Crippen LogP contribution in [0.5, 0.6) is 17.2 Å². The Morgan fingerprint density at radius 2 is 1.88 bits per heavy atom. The summed E-state index contributed by atoms with van der Waals surface area (Å²) in [4.78, 5) is 14.8. The van der Waals surface area contributed by atoms with Gasteiger partial charge in [0.15, 0.2) is 0 Å². The zero-order chi connectivity index (χ0) is 17.1. The number of amides is 1. The molecule has 0 saturated carbocycles. The van der Waals surface area contributed by atoms with Crippen molar-refractivity contribution < 1.29 is 19.0 Å². The number of rotatable bonds is 4. The monoisotopic (exact) mass is 328 g/mol. The highest BCUT2D eigenvalue weighted by Crippen LogP contribution is 2.34. The molecule has 0 aromatic heterocycles. The van der Waals surface area contributed by atoms with E-state index in [1.54, 1.807) is 18.2 Å². The molecule has 2 aromatic carbocycles. The molecule has 1 aliphatic rings. The molecular weight excluding hydrogens is 308 g/mol. The zero-order valence-corrected chi connectivity index (χ0v) is 14.0. The Bertz CT molecular complexity index is 738. The molecule has 6 heteroatoms. The molecule has 1 aliphatic heterocycles. The summed E-state index contributed by atoms with van der Waals surface area (Å²) in [6.07, 6.45) is 0. The van der Waals surface area contributed by atoms with Crippen LogP contribution in [0.1, 0.15) is 10.4 Å². The maximum Gasteiger partial charge on any atom is 0.263 e. The highest BCUT2D eigenvalue weighted by Gasteiger charge is 2.20. The van der Waals surface area contributed by atoms with Gasteiger partial charge in [-0.25, -0.2) is 0 Å². The first-order valence-corrected chi connectivity index (χ1v) is 7.64. The fourth-order valence-corrected chi connectivity index (χ4v) is 2.70. The largest absolute Gasteiger partial charge is 0.496 e. The SMILES string of the molecule is COc1cccc(OC)c1C(=O)Nc1ccc2c(c1)OCCN2C. The molecule has 3 rings (SSSR count). The molecule has 0 fully saturated rings. The van der Waals surface area contributed by atoms with Crippen LogP contribution in [0.15, 0.2) is 36.4 Å². The maximum atomic E-state index is 12.7. The van der Waals surface area contributed by atoms with Crippen LogP contribution in [-0.2, 0) is 0 Å². The number of hydrogen-bond acceptors (Lipinski definition) is 5. The van der Waals surface area contributed by atoms with Gasteiger partial charge in [-0.15, -0.1) is 0 Å². The van der Waals surface area contributed by atoms with Gasteiger partial charge in [0.05, 0.1) is 26.5 Å². The van der Waals surface area contributed by atoms with Crippen LogP contribution >= 0.6 is 0 Å². The van der Waals surface area contributed by atoms with Crippen molar-refractivity contribution in [2.75, 3.05) is 44.6 Å². The number of carbonyl (C=O) groups is 1. The Hall–Kier alpha value is -2.89. The Balaban J connectivity index is 1.88. The Morgan fingerprint density at radius 3 is 2.54 bits per heavy atom. The summed E-state index contributed by atoms with van der Waals surface area (Å²) >= 11 is 0. The number of anilines is 2. The number of hydrogen-bond donors (Lipinski definition) is 1.